The second-order valence-electron chi connectivity index (χ2n) is 3.04. The van der Waals surface area contributed by atoms with Crippen LogP contribution in [0.25, 0.3) is 0 Å². The van der Waals surface area contributed by atoms with Crippen LogP contribution >= 0.6 is 15.9 Å². The average Bonchev–Trinajstić information content (AvgIpc) is 2.17. The number of carboxylic acids is 1. The number of rotatable bonds is 3. The van der Waals surface area contributed by atoms with E-state index in [-0.39, 0.29) is 5.56 Å². The van der Waals surface area contributed by atoms with Crippen molar-refractivity contribution in [3.63, 3.8) is 0 Å². The number of aliphatic carboxylic acids is 1. The maximum atomic E-state index is 13.4. The Balaban J connectivity index is 3.32. The number of carboxylic acid groups (broad SMARTS) is 1. The Morgan fingerprint density at radius 1 is 1.60 bits per heavy atom. The van der Waals surface area contributed by atoms with Crippen molar-refractivity contribution in [3.05, 3.63) is 28.0 Å². The smallest absolute Gasteiger partial charge is 0.310 e. The maximum absolute atomic E-state index is 13.4. The van der Waals surface area contributed by atoms with Gasteiger partial charge in [0.05, 0.1) is 17.5 Å². The van der Waals surface area contributed by atoms with Gasteiger partial charge < -0.3 is 9.84 Å². The molecule has 0 spiro atoms. The molecular weight excluding hydrogens is 267 g/mol. The van der Waals surface area contributed by atoms with Crippen molar-refractivity contribution in [2.24, 2.45) is 0 Å². The first-order valence-corrected chi connectivity index (χ1v) is 5.03. The van der Waals surface area contributed by atoms with Crippen LogP contribution in [-0.2, 0) is 4.79 Å². The Labute approximate surface area is 95.0 Å². The fraction of sp³-hybridized carbons (Fsp3) is 0.300. The van der Waals surface area contributed by atoms with Crippen molar-refractivity contribution in [3.8, 4) is 5.75 Å². The zero-order valence-corrected chi connectivity index (χ0v) is 9.84. The molecule has 1 N–H and O–H groups in total. The Hall–Kier alpha value is -1.10. The van der Waals surface area contributed by atoms with E-state index in [1.807, 2.05) is 0 Å². The van der Waals surface area contributed by atoms with Crippen LogP contribution in [0.15, 0.2) is 16.6 Å². The largest absolute Gasteiger partial charge is 0.496 e. The molecule has 1 aromatic carbocycles. The van der Waals surface area contributed by atoms with E-state index in [2.05, 4.69) is 15.9 Å². The number of hydrogen-bond acceptors (Lipinski definition) is 2. The monoisotopic (exact) mass is 276 g/mol. The van der Waals surface area contributed by atoms with Crippen LogP contribution < -0.4 is 4.74 Å². The third-order valence-corrected chi connectivity index (χ3v) is 2.93. The Morgan fingerprint density at radius 2 is 2.20 bits per heavy atom. The van der Waals surface area contributed by atoms with Gasteiger partial charge in [-0.1, -0.05) is 0 Å². The minimum absolute atomic E-state index is 0.0989. The summed E-state index contributed by atoms with van der Waals surface area (Å²) in [6, 6.07) is 2.63. The summed E-state index contributed by atoms with van der Waals surface area (Å²) in [6.45, 7) is 1.42. The van der Waals surface area contributed by atoms with E-state index < -0.39 is 17.7 Å². The van der Waals surface area contributed by atoms with Crippen molar-refractivity contribution in [2.75, 3.05) is 7.11 Å². The van der Waals surface area contributed by atoms with Gasteiger partial charge in [-0.3, -0.25) is 4.79 Å². The molecule has 0 heterocycles. The first kappa shape index (κ1) is 12.0. The van der Waals surface area contributed by atoms with Gasteiger partial charge >= 0.3 is 5.97 Å². The highest BCUT2D eigenvalue weighted by atomic mass is 79.9. The predicted molar refractivity (Wildman–Crippen MR) is 56.7 cm³/mol. The summed E-state index contributed by atoms with van der Waals surface area (Å²) in [5.74, 6) is -2.14. The molecule has 0 aliphatic carbocycles. The third kappa shape index (κ3) is 2.28. The van der Waals surface area contributed by atoms with Gasteiger partial charge in [0.1, 0.15) is 11.6 Å². The minimum Gasteiger partial charge on any atom is -0.496 e. The fourth-order valence-electron chi connectivity index (χ4n) is 1.23. The molecule has 1 aromatic rings. The summed E-state index contributed by atoms with van der Waals surface area (Å²) in [4.78, 5) is 10.8. The summed E-state index contributed by atoms with van der Waals surface area (Å²) >= 11 is 3.13. The van der Waals surface area contributed by atoms with E-state index in [9.17, 15) is 9.18 Å². The first-order valence-electron chi connectivity index (χ1n) is 4.23. The van der Waals surface area contributed by atoms with E-state index in [1.54, 1.807) is 0 Å². The van der Waals surface area contributed by atoms with Crippen LogP contribution in [0.5, 0.6) is 5.75 Å². The molecule has 0 bridgehead atoms. The number of carbonyl (C=O) groups is 1. The SMILES string of the molecule is COc1ccc(F)c(C(C)C(=O)O)c1Br. The van der Waals surface area contributed by atoms with Crippen LogP contribution in [0.1, 0.15) is 18.4 Å². The highest BCUT2D eigenvalue weighted by Crippen LogP contribution is 2.35. The van der Waals surface area contributed by atoms with Gasteiger partial charge in [0.25, 0.3) is 0 Å². The number of halogens is 2. The summed E-state index contributed by atoms with van der Waals surface area (Å²) < 4.78 is 18.7. The van der Waals surface area contributed by atoms with Gasteiger partial charge in [-0.05, 0) is 35.0 Å². The lowest BCUT2D eigenvalue weighted by Gasteiger charge is -2.13. The molecule has 5 heteroatoms. The van der Waals surface area contributed by atoms with Crippen molar-refractivity contribution in [1.82, 2.24) is 0 Å². The molecule has 0 aliphatic rings. The first-order chi connectivity index (χ1) is 6.99. The highest BCUT2D eigenvalue weighted by molar-refractivity contribution is 9.10. The van der Waals surface area contributed by atoms with E-state index >= 15 is 0 Å². The van der Waals surface area contributed by atoms with Crippen LogP contribution in [-0.4, -0.2) is 18.2 Å². The number of methoxy groups -OCH3 is 1. The molecule has 1 unspecified atom stereocenters. The summed E-state index contributed by atoms with van der Waals surface area (Å²) in [5, 5.41) is 8.82. The van der Waals surface area contributed by atoms with Crippen LogP contribution in [0.4, 0.5) is 4.39 Å². The van der Waals surface area contributed by atoms with Crippen molar-refractivity contribution in [2.45, 2.75) is 12.8 Å². The quantitative estimate of drug-likeness (QED) is 0.924. The van der Waals surface area contributed by atoms with E-state index in [0.29, 0.717) is 10.2 Å². The lowest BCUT2D eigenvalue weighted by Crippen LogP contribution is -2.10. The van der Waals surface area contributed by atoms with Gasteiger partial charge in [0.2, 0.25) is 0 Å². The van der Waals surface area contributed by atoms with Crippen LogP contribution in [0.3, 0.4) is 0 Å². The molecule has 1 atom stereocenters. The number of benzene rings is 1. The van der Waals surface area contributed by atoms with E-state index in [4.69, 9.17) is 9.84 Å². The molecular formula is C10H10BrFO3. The molecule has 0 radical (unpaired) electrons. The molecule has 82 valence electrons. The molecule has 0 saturated carbocycles. The molecule has 15 heavy (non-hydrogen) atoms. The topological polar surface area (TPSA) is 46.5 Å². The van der Waals surface area contributed by atoms with Gasteiger partial charge in [-0.2, -0.15) is 0 Å². The summed E-state index contributed by atoms with van der Waals surface area (Å²) in [6.07, 6.45) is 0. The maximum Gasteiger partial charge on any atom is 0.310 e. The molecule has 3 nitrogen and oxygen atoms in total. The van der Waals surface area contributed by atoms with Gasteiger partial charge in [-0.15, -0.1) is 0 Å². The molecule has 0 fully saturated rings. The molecule has 0 amide bonds. The van der Waals surface area contributed by atoms with E-state index in [0.717, 1.165) is 0 Å². The van der Waals surface area contributed by atoms with Gasteiger partial charge in [0, 0.05) is 5.56 Å². The third-order valence-electron chi connectivity index (χ3n) is 2.11. The van der Waals surface area contributed by atoms with Gasteiger partial charge in [-0.25, -0.2) is 4.39 Å². The van der Waals surface area contributed by atoms with Crippen LogP contribution in [0.2, 0.25) is 0 Å². The zero-order valence-electron chi connectivity index (χ0n) is 8.25. The molecule has 0 aromatic heterocycles. The Morgan fingerprint density at radius 3 is 2.67 bits per heavy atom. The zero-order chi connectivity index (χ0) is 11.6. The van der Waals surface area contributed by atoms with Gasteiger partial charge in [0.15, 0.2) is 0 Å². The number of ether oxygens (including phenoxy) is 1. The molecule has 0 saturated heterocycles. The predicted octanol–water partition coefficient (Wildman–Crippen LogP) is 2.78. The van der Waals surface area contributed by atoms with Crippen molar-refractivity contribution in [1.29, 1.82) is 0 Å². The second-order valence-corrected chi connectivity index (χ2v) is 3.83. The number of hydrogen-bond donors (Lipinski definition) is 1. The van der Waals surface area contributed by atoms with E-state index in [1.165, 1.54) is 26.2 Å². The molecule has 0 aliphatic heterocycles. The lowest BCUT2D eigenvalue weighted by molar-refractivity contribution is -0.138. The molecule has 1 rings (SSSR count). The lowest BCUT2D eigenvalue weighted by atomic mass is 10.0. The van der Waals surface area contributed by atoms with Crippen LogP contribution in [0, 0.1) is 5.82 Å². The van der Waals surface area contributed by atoms with Crippen molar-refractivity contribution < 1.29 is 19.0 Å². The average molecular weight is 277 g/mol. The summed E-state index contributed by atoms with van der Waals surface area (Å²) in [7, 11) is 1.44. The van der Waals surface area contributed by atoms with Crippen molar-refractivity contribution >= 4 is 21.9 Å². The normalized spacial score (nSPS) is 12.3. The minimum atomic E-state index is -1.08. The Bertz CT molecular complexity index is 392. The second kappa shape index (κ2) is 4.61. The standard InChI is InChI=1S/C10H10BrFO3/c1-5(10(13)14)8-6(12)3-4-7(15-2)9(8)11/h3-5H,1-2H3,(H,13,14). The summed E-state index contributed by atoms with van der Waals surface area (Å²) in [5.41, 5.74) is 0.0989. The highest BCUT2D eigenvalue weighted by Gasteiger charge is 2.22. The Kier molecular flexibility index (Phi) is 3.68. The fourth-order valence-corrected chi connectivity index (χ4v) is 2.05.